The van der Waals surface area contributed by atoms with Gasteiger partial charge in [-0.05, 0) is 31.2 Å². The van der Waals surface area contributed by atoms with Gasteiger partial charge < -0.3 is 23.8 Å². The predicted octanol–water partition coefficient (Wildman–Crippen LogP) is 1.85. The van der Waals surface area contributed by atoms with E-state index in [1.165, 1.54) is 4.57 Å². The molecule has 0 unspecified atom stereocenters. The van der Waals surface area contributed by atoms with Gasteiger partial charge in [0.05, 0.1) is 13.2 Å². The largest absolute Gasteiger partial charge is 0.490 e. The van der Waals surface area contributed by atoms with Crippen LogP contribution in [0.2, 0.25) is 0 Å². The number of morpholine rings is 1. The molecule has 2 amide bonds. The van der Waals surface area contributed by atoms with Crippen LogP contribution in [0.1, 0.15) is 28.9 Å². The molecule has 0 aliphatic carbocycles. The number of benzene rings is 1. The Bertz CT molecular complexity index is 1050. The van der Waals surface area contributed by atoms with E-state index in [1.807, 2.05) is 42.2 Å². The van der Waals surface area contributed by atoms with E-state index in [4.69, 9.17) is 9.47 Å². The third kappa shape index (κ3) is 5.27. The molecule has 4 rings (SSSR count). The molecular weight excluding hydrogens is 422 g/mol. The minimum atomic E-state index is -0.302. The standard InChI is InChI=1S/C25H31N3O5/c1-18-8-9-21(24(30)26(18)2)25(31)28-11-10-22(33-20-6-4-3-5-7-20)19(17-28)16-23(29)27-12-14-32-15-13-27/h3-9,19,22H,10-17H2,1-2H3/t19-,22-/m0/s1. The molecule has 0 saturated carbocycles. The van der Waals surface area contributed by atoms with Gasteiger partial charge in [-0.25, -0.2) is 0 Å². The molecule has 0 spiro atoms. The van der Waals surface area contributed by atoms with Crippen LogP contribution in [0.3, 0.4) is 0 Å². The van der Waals surface area contributed by atoms with Crippen molar-refractivity contribution in [3.05, 3.63) is 64.1 Å². The van der Waals surface area contributed by atoms with Gasteiger partial charge in [-0.1, -0.05) is 18.2 Å². The van der Waals surface area contributed by atoms with Crippen LogP contribution in [-0.4, -0.2) is 71.7 Å². The Morgan fingerprint density at radius 2 is 1.76 bits per heavy atom. The fourth-order valence-corrected chi connectivity index (χ4v) is 4.45. The number of rotatable bonds is 5. The van der Waals surface area contributed by atoms with Gasteiger partial charge in [0.15, 0.2) is 0 Å². The maximum atomic E-state index is 13.2. The number of para-hydroxylation sites is 1. The van der Waals surface area contributed by atoms with Gasteiger partial charge in [-0.15, -0.1) is 0 Å². The summed E-state index contributed by atoms with van der Waals surface area (Å²) in [6.45, 7) is 4.91. The van der Waals surface area contributed by atoms with Gasteiger partial charge in [0.1, 0.15) is 17.4 Å². The van der Waals surface area contributed by atoms with Crippen LogP contribution in [0.15, 0.2) is 47.3 Å². The third-order valence-corrected chi connectivity index (χ3v) is 6.57. The van der Waals surface area contributed by atoms with Crippen LogP contribution in [0, 0.1) is 12.8 Å². The monoisotopic (exact) mass is 453 g/mol. The zero-order valence-corrected chi connectivity index (χ0v) is 19.2. The molecule has 1 aromatic heterocycles. The van der Waals surface area contributed by atoms with Crippen LogP contribution in [0.4, 0.5) is 0 Å². The van der Waals surface area contributed by atoms with Crippen molar-refractivity contribution in [1.82, 2.24) is 14.4 Å². The van der Waals surface area contributed by atoms with Gasteiger partial charge in [0, 0.05) is 57.7 Å². The normalized spacial score (nSPS) is 21.0. The Morgan fingerprint density at radius 1 is 1.03 bits per heavy atom. The van der Waals surface area contributed by atoms with E-state index in [9.17, 15) is 14.4 Å². The highest BCUT2D eigenvalue weighted by Crippen LogP contribution is 2.27. The number of nitrogens with zero attached hydrogens (tertiary/aromatic N) is 3. The smallest absolute Gasteiger partial charge is 0.263 e. The summed E-state index contributed by atoms with van der Waals surface area (Å²) in [7, 11) is 1.66. The molecular formula is C25H31N3O5. The maximum absolute atomic E-state index is 13.2. The highest BCUT2D eigenvalue weighted by Gasteiger charge is 2.36. The van der Waals surface area contributed by atoms with Crippen LogP contribution < -0.4 is 10.3 Å². The van der Waals surface area contributed by atoms with Crippen molar-refractivity contribution >= 4 is 11.8 Å². The summed E-state index contributed by atoms with van der Waals surface area (Å²) < 4.78 is 13.1. The van der Waals surface area contributed by atoms with E-state index in [-0.39, 0.29) is 41.4 Å². The first-order chi connectivity index (χ1) is 15.9. The number of hydrogen-bond donors (Lipinski definition) is 0. The molecule has 8 nitrogen and oxygen atoms in total. The summed E-state index contributed by atoms with van der Waals surface area (Å²) in [5.41, 5.74) is 0.646. The Hall–Kier alpha value is -3.13. The zero-order chi connectivity index (χ0) is 23.4. The van der Waals surface area contributed by atoms with Crippen molar-refractivity contribution in [2.75, 3.05) is 39.4 Å². The molecule has 8 heteroatoms. The Labute approximate surface area is 193 Å². The lowest BCUT2D eigenvalue weighted by Gasteiger charge is -2.39. The van der Waals surface area contributed by atoms with Crippen LogP contribution in [-0.2, 0) is 16.6 Å². The molecule has 0 radical (unpaired) electrons. The average molecular weight is 454 g/mol. The number of hydrogen-bond acceptors (Lipinski definition) is 5. The zero-order valence-electron chi connectivity index (χ0n) is 19.2. The first-order valence-corrected chi connectivity index (χ1v) is 11.5. The lowest BCUT2D eigenvalue weighted by molar-refractivity contribution is -0.137. The predicted molar refractivity (Wildman–Crippen MR) is 123 cm³/mol. The Morgan fingerprint density at radius 3 is 2.48 bits per heavy atom. The summed E-state index contributed by atoms with van der Waals surface area (Å²) >= 11 is 0. The SMILES string of the molecule is Cc1ccc(C(=O)N2CC[C@H](Oc3ccccc3)[C@@H](CC(=O)N3CCOCC3)C2)c(=O)n1C. The highest BCUT2D eigenvalue weighted by molar-refractivity contribution is 5.94. The number of ether oxygens (including phenoxy) is 2. The van der Waals surface area contributed by atoms with Crippen molar-refractivity contribution in [3.63, 3.8) is 0 Å². The first-order valence-electron chi connectivity index (χ1n) is 11.5. The molecule has 33 heavy (non-hydrogen) atoms. The van der Waals surface area contributed by atoms with Gasteiger partial charge in [-0.3, -0.25) is 14.4 Å². The summed E-state index contributed by atoms with van der Waals surface area (Å²) in [5, 5.41) is 0. The van der Waals surface area contributed by atoms with Gasteiger partial charge in [0.25, 0.3) is 11.5 Å². The fraction of sp³-hybridized carbons (Fsp3) is 0.480. The number of amides is 2. The van der Waals surface area contributed by atoms with E-state index in [1.54, 1.807) is 24.1 Å². The molecule has 2 aliphatic rings. The lowest BCUT2D eigenvalue weighted by atomic mass is 9.90. The van der Waals surface area contributed by atoms with Crippen molar-refractivity contribution < 1.29 is 19.1 Å². The summed E-state index contributed by atoms with van der Waals surface area (Å²) in [6.07, 6.45) is 0.684. The number of pyridine rings is 1. The fourth-order valence-electron chi connectivity index (χ4n) is 4.45. The van der Waals surface area contributed by atoms with Gasteiger partial charge in [0.2, 0.25) is 5.91 Å². The number of carbonyl (C=O) groups is 2. The van der Waals surface area contributed by atoms with Crippen molar-refractivity contribution in [1.29, 1.82) is 0 Å². The summed E-state index contributed by atoms with van der Waals surface area (Å²) in [5.74, 6) is 0.328. The second kappa shape index (κ2) is 10.2. The molecule has 0 N–H and O–H groups in total. The molecule has 2 aromatic rings. The quantitative estimate of drug-likeness (QED) is 0.690. The molecule has 2 atom stereocenters. The Kier molecular flexibility index (Phi) is 7.13. The molecule has 2 fully saturated rings. The van der Waals surface area contributed by atoms with Crippen molar-refractivity contribution in [3.8, 4) is 5.75 Å². The number of aryl methyl sites for hydroxylation is 1. The summed E-state index contributed by atoms with van der Waals surface area (Å²) in [6, 6.07) is 12.9. The van der Waals surface area contributed by atoms with Crippen molar-refractivity contribution in [2.24, 2.45) is 13.0 Å². The van der Waals surface area contributed by atoms with Crippen LogP contribution in [0.5, 0.6) is 5.75 Å². The minimum absolute atomic E-state index is 0.0468. The minimum Gasteiger partial charge on any atom is -0.490 e. The molecule has 1 aromatic carbocycles. The van der Waals surface area contributed by atoms with Crippen LogP contribution >= 0.6 is 0 Å². The second-order valence-electron chi connectivity index (χ2n) is 8.72. The van der Waals surface area contributed by atoms with E-state index in [0.29, 0.717) is 45.8 Å². The number of aromatic nitrogens is 1. The second-order valence-corrected chi connectivity index (χ2v) is 8.72. The molecule has 176 valence electrons. The van der Waals surface area contributed by atoms with Gasteiger partial charge in [-0.2, -0.15) is 0 Å². The van der Waals surface area contributed by atoms with Crippen molar-refractivity contribution in [2.45, 2.75) is 25.9 Å². The third-order valence-electron chi connectivity index (χ3n) is 6.57. The van der Waals surface area contributed by atoms with E-state index in [2.05, 4.69) is 0 Å². The molecule has 2 saturated heterocycles. The number of carbonyl (C=O) groups excluding carboxylic acids is 2. The van der Waals surface area contributed by atoms with Gasteiger partial charge >= 0.3 is 0 Å². The van der Waals surface area contributed by atoms with E-state index in [0.717, 1.165) is 11.4 Å². The summed E-state index contributed by atoms with van der Waals surface area (Å²) in [4.78, 5) is 42.4. The lowest BCUT2D eigenvalue weighted by Crippen LogP contribution is -2.51. The van der Waals surface area contributed by atoms with E-state index < -0.39 is 0 Å². The van der Waals surface area contributed by atoms with E-state index >= 15 is 0 Å². The molecule has 0 bridgehead atoms. The topological polar surface area (TPSA) is 81.1 Å². The highest BCUT2D eigenvalue weighted by atomic mass is 16.5. The number of likely N-dealkylation sites (tertiary alicyclic amines) is 1. The van der Waals surface area contributed by atoms with Crippen LogP contribution in [0.25, 0.3) is 0 Å². The average Bonchev–Trinajstić information content (AvgIpc) is 2.84. The maximum Gasteiger partial charge on any atom is 0.263 e. The molecule has 3 heterocycles. The first kappa shape index (κ1) is 23.0. The number of piperidine rings is 1. The Balaban J connectivity index is 1.52. The molecule has 2 aliphatic heterocycles.